The Morgan fingerprint density at radius 1 is 1.58 bits per heavy atom. The number of aromatic nitrogens is 1. The van der Waals surface area contributed by atoms with E-state index in [1.165, 1.54) is 11.5 Å². The van der Waals surface area contributed by atoms with Crippen molar-refractivity contribution in [3.05, 3.63) is 22.3 Å². The zero-order chi connectivity index (χ0) is 13.7. The van der Waals surface area contributed by atoms with Gasteiger partial charge in [-0.2, -0.15) is 23.5 Å². The Bertz CT molecular complexity index is 453. The molecule has 0 bridgehead atoms. The average molecular weight is 362 g/mol. The molecule has 0 radical (unpaired) electrons. The number of carbonyl (C=O) groups excluding carboxylic acids is 1. The second-order valence-corrected chi connectivity index (χ2v) is 7.55. The van der Waals surface area contributed by atoms with Gasteiger partial charge in [-0.3, -0.25) is 4.79 Å². The molecule has 2 heterocycles. The van der Waals surface area contributed by atoms with E-state index in [0.717, 1.165) is 10.2 Å². The molecule has 0 aromatic carbocycles. The van der Waals surface area contributed by atoms with Crippen LogP contribution in [0.2, 0.25) is 0 Å². The maximum Gasteiger partial charge on any atom is 0.255 e. The number of carbonyl (C=O) groups is 1. The first-order chi connectivity index (χ1) is 9.20. The van der Waals surface area contributed by atoms with Crippen LogP contribution in [0.4, 0.5) is 5.82 Å². The maximum atomic E-state index is 12.2. The number of thioether (sulfide) groups is 2. The summed E-state index contributed by atoms with van der Waals surface area (Å²) in [4.78, 5) is 16.4. The van der Waals surface area contributed by atoms with Crippen LogP contribution in [-0.2, 0) is 0 Å². The monoisotopic (exact) mass is 361 g/mol. The number of amides is 1. The summed E-state index contributed by atoms with van der Waals surface area (Å²) in [6.45, 7) is 0.714. The lowest BCUT2D eigenvalue weighted by Gasteiger charge is -2.21. The largest absolute Gasteiger partial charge is 0.372 e. The zero-order valence-corrected chi connectivity index (χ0v) is 13.8. The van der Waals surface area contributed by atoms with Crippen molar-refractivity contribution >= 4 is 51.2 Å². The van der Waals surface area contributed by atoms with E-state index in [1.54, 1.807) is 19.3 Å². The number of nitrogens with zero attached hydrogens (tertiary/aromatic N) is 1. The van der Waals surface area contributed by atoms with Crippen LogP contribution in [0.3, 0.4) is 0 Å². The number of nitrogens with one attached hydrogen (secondary N) is 2. The Labute approximate surface area is 130 Å². The fourth-order valence-corrected chi connectivity index (χ4v) is 4.71. The Morgan fingerprint density at radius 3 is 3.11 bits per heavy atom. The molecule has 19 heavy (non-hydrogen) atoms. The van der Waals surface area contributed by atoms with E-state index in [0.29, 0.717) is 23.2 Å². The van der Waals surface area contributed by atoms with Gasteiger partial charge in [0.1, 0.15) is 5.82 Å². The Hall–Kier alpha value is -0.400. The number of rotatable bonds is 4. The van der Waals surface area contributed by atoms with Gasteiger partial charge in [-0.1, -0.05) is 0 Å². The third-order valence-electron chi connectivity index (χ3n) is 2.71. The van der Waals surface area contributed by atoms with Gasteiger partial charge >= 0.3 is 0 Å². The van der Waals surface area contributed by atoms with Crippen LogP contribution in [0.5, 0.6) is 0 Å². The second kappa shape index (κ2) is 7.40. The van der Waals surface area contributed by atoms with Gasteiger partial charge < -0.3 is 10.6 Å². The van der Waals surface area contributed by atoms with Gasteiger partial charge in [-0.05, 0) is 22.0 Å². The minimum absolute atomic E-state index is 0.0747. The standard InChI is InChI=1S/C12H16BrN3OS2/c1-14-11-10(4-8(13)5-15-11)12(17)16-6-9-7-18-2-3-19-9/h4-5,9H,2-3,6-7H2,1H3,(H,14,15)(H,16,17). The van der Waals surface area contributed by atoms with Gasteiger partial charge in [0.05, 0.1) is 5.56 Å². The van der Waals surface area contributed by atoms with Crippen LogP contribution >= 0.6 is 39.5 Å². The molecule has 2 N–H and O–H groups in total. The highest BCUT2D eigenvalue weighted by Crippen LogP contribution is 2.23. The fraction of sp³-hybridized carbons (Fsp3) is 0.500. The van der Waals surface area contributed by atoms with E-state index in [1.807, 2.05) is 23.5 Å². The summed E-state index contributed by atoms with van der Waals surface area (Å²) in [7, 11) is 1.76. The van der Waals surface area contributed by atoms with Crippen LogP contribution in [0.1, 0.15) is 10.4 Å². The van der Waals surface area contributed by atoms with Crippen LogP contribution < -0.4 is 10.6 Å². The molecule has 1 unspecified atom stereocenters. The molecule has 1 amide bonds. The third-order valence-corrected chi connectivity index (χ3v) is 5.99. The quantitative estimate of drug-likeness (QED) is 0.862. The van der Waals surface area contributed by atoms with Gasteiger partial charge in [0, 0.05) is 46.8 Å². The van der Waals surface area contributed by atoms with Crippen molar-refractivity contribution in [2.24, 2.45) is 0 Å². The topological polar surface area (TPSA) is 54.0 Å². The highest BCUT2D eigenvalue weighted by molar-refractivity contribution is 9.10. The summed E-state index contributed by atoms with van der Waals surface area (Å²) in [5.74, 6) is 4.03. The Kier molecular flexibility index (Phi) is 5.84. The molecular weight excluding hydrogens is 346 g/mol. The van der Waals surface area contributed by atoms with Gasteiger partial charge in [0.2, 0.25) is 0 Å². The van der Waals surface area contributed by atoms with E-state index in [2.05, 4.69) is 31.5 Å². The van der Waals surface area contributed by atoms with Crippen molar-refractivity contribution in [2.45, 2.75) is 5.25 Å². The summed E-state index contributed by atoms with van der Waals surface area (Å²) >= 11 is 7.24. The highest BCUT2D eigenvalue weighted by Gasteiger charge is 2.17. The molecule has 0 aliphatic carbocycles. The first-order valence-corrected chi connectivity index (χ1v) is 9.01. The normalized spacial score (nSPS) is 18.9. The lowest BCUT2D eigenvalue weighted by Crippen LogP contribution is -2.33. The highest BCUT2D eigenvalue weighted by atomic mass is 79.9. The zero-order valence-electron chi connectivity index (χ0n) is 10.6. The minimum atomic E-state index is -0.0747. The first kappa shape index (κ1) is 15.0. The fourth-order valence-electron chi connectivity index (χ4n) is 1.77. The van der Waals surface area contributed by atoms with Crippen molar-refractivity contribution in [3.63, 3.8) is 0 Å². The van der Waals surface area contributed by atoms with E-state index >= 15 is 0 Å². The molecule has 1 fully saturated rings. The molecule has 1 atom stereocenters. The third kappa shape index (κ3) is 4.29. The SMILES string of the molecule is CNc1ncc(Br)cc1C(=O)NCC1CSCCS1. The van der Waals surface area contributed by atoms with E-state index in [-0.39, 0.29) is 5.91 Å². The van der Waals surface area contributed by atoms with Gasteiger partial charge in [-0.25, -0.2) is 4.98 Å². The average Bonchev–Trinajstić information content (AvgIpc) is 2.46. The first-order valence-electron chi connectivity index (χ1n) is 6.01. The molecule has 1 aromatic heterocycles. The predicted molar refractivity (Wildman–Crippen MR) is 87.4 cm³/mol. The molecule has 4 nitrogen and oxygen atoms in total. The minimum Gasteiger partial charge on any atom is -0.372 e. The molecule has 1 aliphatic heterocycles. The van der Waals surface area contributed by atoms with Crippen molar-refractivity contribution in [3.8, 4) is 0 Å². The van der Waals surface area contributed by atoms with Crippen LogP contribution in [0, 0.1) is 0 Å². The van der Waals surface area contributed by atoms with Crippen LogP contribution in [0.15, 0.2) is 16.7 Å². The van der Waals surface area contributed by atoms with E-state index in [4.69, 9.17) is 0 Å². The lowest BCUT2D eigenvalue weighted by atomic mass is 10.2. The van der Waals surface area contributed by atoms with Gasteiger partial charge in [0.15, 0.2) is 0 Å². The molecular formula is C12H16BrN3OS2. The predicted octanol–water partition coefficient (Wildman–Crippen LogP) is 2.46. The molecule has 104 valence electrons. The molecule has 7 heteroatoms. The molecule has 1 aliphatic rings. The maximum absolute atomic E-state index is 12.2. The summed E-state index contributed by atoms with van der Waals surface area (Å²) in [6.07, 6.45) is 1.68. The van der Waals surface area contributed by atoms with Crippen molar-refractivity contribution in [1.82, 2.24) is 10.3 Å². The van der Waals surface area contributed by atoms with Crippen molar-refractivity contribution in [1.29, 1.82) is 0 Å². The number of hydrogen-bond acceptors (Lipinski definition) is 5. The second-order valence-electron chi connectivity index (χ2n) is 4.08. The smallest absolute Gasteiger partial charge is 0.255 e. The van der Waals surface area contributed by atoms with E-state index < -0.39 is 0 Å². The molecule has 1 aromatic rings. The summed E-state index contributed by atoms with van der Waals surface area (Å²) in [5.41, 5.74) is 0.574. The van der Waals surface area contributed by atoms with Crippen LogP contribution in [0.25, 0.3) is 0 Å². The van der Waals surface area contributed by atoms with Crippen molar-refractivity contribution in [2.75, 3.05) is 36.2 Å². The molecule has 2 rings (SSSR count). The lowest BCUT2D eigenvalue weighted by molar-refractivity contribution is 0.0954. The number of halogens is 1. The van der Waals surface area contributed by atoms with E-state index in [9.17, 15) is 4.79 Å². The van der Waals surface area contributed by atoms with Crippen LogP contribution in [-0.4, -0.2) is 47.0 Å². The Morgan fingerprint density at radius 2 is 2.42 bits per heavy atom. The summed E-state index contributed by atoms with van der Waals surface area (Å²) < 4.78 is 0.805. The molecule has 0 spiro atoms. The Balaban J connectivity index is 1.97. The number of pyridine rings is 1. The summed E-state index contributed by atoms with van der Waals surface area (Å²) in [6, 6.07) is 1.79. The summed E-state index contributed by atoms with van der Waals surface area (Å²) in [5, 5.41) is 6.45. The number of hydrogen-bond donors (Lipinski definition) is 2. The van der Waals surface area contributed by atoms with Gasteiger partial charge in [-0.15, -0.1) is 0 Å². The van der Waals surface area contributed by atoms with Gasteiger partial charge in [0.25, 0.3) is 5.91 Å². The molecule has 1 saturated heterocycles. The molecule has 0 saturated carbocycles. The number of anilines is 1. The van der Waals surface area contributed by atoms with Crippen molar-refractivity contribution < 1.29 is 4.79 Å².